The third-order valence-corrected chi connectivity index (χ3v) is 13.4. The number of hydrogen-bond donors (Lipinski definition) is 0. The summed E-state index contributed by atoms with van der Waals surface area (Å²) in [6.45, 7) is 16.9. The second-order valence-electron chi connectivity index (χ2n) is 14.9. The summed E-state index contributed by atoms with van der Waals surface area (Å²) >= 11 is 0. The quantitative estimate of drug-likeness (QED) is 0.167. The largest absolute Gasteiger partial charge is 0.726 e. The van der Waals surface area contributed by atoms with Crippen molar-refractivity contribution < 1.29 is 51.5 Å². The van der Waals surface area contributed by atoms with Gasteiger partial charge in [0, 0.05) is 0 Å². The van der Waals surface area contributed by atoms with Crippen molar-refractivity contribution in [3.8, 4) is 0 Å². The first-order chi connectivity index (χ1) is 20.4. The Balaban J connectivity index is 1.69. The van der Waals surface area contributed by atoms with Crippen molar-refractivity contribution in [1.29, 1.82) is 0 Å². The van der Waals surface area contributed by atoms with Gasteiger partial charge in [0.15, 0.2) is 0 Å². The van der Waals surface area contributed by atoms with Crippen molar-refractivity contribution in [2.75, 3.05) is 0 Å². The van der Waals surface area contributed by atoms with Gasteiger partial charge >= 0.3 is 0 Å². The molecule has 15 heteroatoms. The van der Waals surface area contributed by atoms with Crippen molar-refractivity contribution in [1.82, 2.24) is 0 Å². The van der Waals surface area contributed by atoms with E-state index in [1.165, 1.54) is 0 Å². The Labute approximate surface area is 269 Å². The highest BCUT2D eigenvalue weighted by atomic mass is 32.3. The van der Waals surface area contributed by atoms with Crippen LogP contribution in [-0.4, -0.2) is 57.2 Å². The van der Waals surface area contributed by atoms with Gasteiger partial charge in [-0.05, 0) is 110 Å². The average molecular weight is 696 g/mol. The Hall–Kier alpha value is -0.910. The van der Waals surface area contributed by atoms with Gasteiger partial charge < -0.3 is 13.7 Å². The van der Waals surface area contributed by atoms with Crippen molar-refractivity contribution >= 4 is 31.2 Å². The Morgan fingerprint density at radius 3 is 1.82 bits per heavy atom. The van der Waals surface area contributed by atoms with E-state index < -0.39 is 60.8 Å². The molecule has 12 nitrogen and oxygen atoms in total. The molecule has 4 aliphatic carbocycles. The van der Waals surface area contributed by atoms with E-state index in [0.29, 0.717) is 18.3 Å². The lowest BCUT2D eigenvalue weighted by molar-refractivity contribution is -0.183. The standard InChI is InChI=1S/C30H50O12S3/c1-17(2)20(18(3)4)9-8-19(5)22-10-11-23-21-14-26(40-43(31,32)33)25-15-27(41-44(34,35)36)28(42-45(37,38)39)16-30(25,7)24(21)12-13-29(22,23)6/h8-9,18-28H,1,10-16H2,2-7H3,(H,31,32,33)(H,34,35,36)(H,37,38,39)/p-3/b9-8-/t19-,20?,21+,22-,23+,24+,25-,26+,27+,28+,29-,30-/m1/s1. The molecule has 0 spiro atoms. The van der Waals surface area contributed by atoms with Crippen LogP contribution in [0.4, 0.5) is 0 Å². The lowest BCUT2D eigenvalue weighted by Gasteiger charge is -2.63. The zero-order valence-electron chi connectivity index (χ0n) is 26.8. The summed E-state index contributed by atoms with van der Waals surface area (Å²) in [5.41, 5.74) is 0.0854. The molecule has 45 heavy (non-hydrogen) atoms. The van der Waals surface area contributed by atoms with Crippen LogP contribution in [0.3, 0.4) is 0 Å². The molecule has 12 atom stereocenters. The molecule has 0 aromatic rings. The Bertz CT molecular complexity index is 1470. The van der Waals surface area contributed by atoms with Crippen LogP contribution in [-0.2, 0) is 43.7 Å². The third-order valence-electron chi connectivity index (χ3n) is 12.0. The minimum absolute atomic E-state index is 0.0954. The predicted octanol–water partition coefficient (Wildman–Crippen LogP) is 4.44. The van der Waals surface area contributed by atoms with E-state index in [0.717, 1.165) is 24.8 Å². The van der Waals surface area contributed by atoms with Gasteiger partial charge in [0.25, 0.3) is 0 Å². The molecule has 4 fully saturated rings. The van der Waals surface area contributed by atoms with Crippen LogP contribution < -0.4 is 0 Å². The predicted molar refractivity (Wildman–Crippen MR) is 161 cm³/mol. The van der Waals surface area contributed by atoms with Crippen LogP contribution in [0.15, 0.2) is 24.3 Å². The van der Waals surface area contributed by atoms with Crippen molar-refractivity contribution in [2.24, 2.45) is 58.2 Å². The molecule has 0 aromatic carbocycles. The molecule has 0 heterocycles. The van der Waals surface area contributed by atoms with Gasteiger partial charge in [-0.25, -0.2) is 25.3 Å². The number of fused-ring (bicyclic) bond motifs is 5. The summed E-state index contributed by atoms with van der Waals surface area (Å²) in [6.07, 6.45) is 3.14. The summed E-state index contributed by atoms with van der Waals surface area (Å²) in [5.74, 6) is 0.452. The molecule has 0 N–H and O–H groups in total. The first kappa shape index (κ1) is 36.9. The van der Waals surface area contributed by atoms with E-state index >= 15 is 0 Å². The average Bonchev–Trinajstić information content (AvgIpc) is 3.19. The fourth-order valence-electron chi connectivity index (χ4n) is 10.3. The third kappa shape index (κ3) is 8.05. The van der Waals surface area contributed by atoms with E-state index in [4.69, 9.17) is 8.37 Å². The lowest BCUT2D eigenvalue weighted by Crippen LogP contribution is -2.62. The van der Waals surface area contributed by atoms with E-state index in [1.807, 2.05) is 13.8 Å². The topological polar surface area (TPSA) is 199 Å². The van der Waals surface area contributed by atoms with Crippen LogP contribution >= 0.6 is 0 Å². The highest BCUT2D eigenvalue weighted by Gasteiger charge is 2.64. The van der Waals surface area contributed by atoms with Gasteiger partial charge in [0.1, 0.15) is 12.2 Å². The van der Waals surface area contributed by atoms with Gasteiger partial charge in [-0.3, -0.25) is 12.5 Å². The molecule has 1 unspecified atom stereocenters. The molecule has 0 saturated heterocycles. The first-order valence-electron chi connectivity index (χ1n) is 15.7. The van der Waals surface area contributed by atoms with Crippen LogP contribution in [0.5, 0.6) is 0 Å². The molecular formula is C30H47O12S3-3. The molecule has 0 bridgehead atoms. The van der Waals surface area contributed by atoms with Gasteiger partial charge in [0.05, 0.1) is 6.10 Å². The first-order valence-corrected chi connectivity index (χ1v) is 19.7. The summed E-state index contributed by atoms with van der Waals surface area (Å²) in [6, 6.07) is 0. The van der Waals surface area contributed by atoms with Gasteiger partial charge in [-0.15, -0.1) is 0 Å². The Morgan fingerprint density at radius 1 is 0.756 bits per heavy atom. The molecule has 4 saturated carbocycles. The van der Waals surface area contributed by atoms with E-state index in [2.05, 4.69) is 50.6 Å². The van der Waals surface area contributed by atoms with Crippen LogP contribution in [0.2, 0.25) is 0 Å². The SMILES string of the molecule is C=C(C)C(/C=C\[C@@H](C)[C@H]1CC[C@H]2[C@@H]3C[C@H](OS(=O)(=O)[O-])[C@H]4C[C@H](OS(=O)(=O)[O-])[C@@H](OS(=O)(=O)[O-])C[C@]4(C)[C@H]3CC[C@]12C)C(C)C. The summed E-state index contributed by atoms with van der Waals surface area (Å²) < 4.78 is 120. The maximum Gasteiger partial charge on any atom is 0.217 e. The van der Waals surface area contributed by atoms with E-state index in [-0.39, 0.29) is 54.3 Å². The zero-order valence-corrected chi connectivity index (χ0v) is 29.2. The summed E-state index contributed by atoms with van der Waals surface area (Å²) in [5, 5.41) is 0. The summed E-state index contributed by atoms with van der Waals surface area (Å²) in [4.78, 5) is 0. The highest BCUT2D eigenvalue weighted by Crippen LogP contribution is 2.69. The Morgan fingerprint density at radius 2 is 1.29 bits per heavy atom. The van der Waals surface area contributed by atoms with Crippen molar-refractivity contribution in [3.05, 3.63) is 24.3 Å². The monoisotopic (exact) mass is 695 g/mol. The molecule has 260 valence electrons. The Kier molecular flexibility index (Phi) is 10.5. The smallest absolute Gasteiger partial charge is 0.217 e. The normalized spacial score (nSPS) is 40.5. The molecule has 4 rings (SSSR count). The minimum Gasteiger partial charge on any atom is -0.726 e. The maximum atomic E-state index is 11.9. The fraction of sp³-hybridized carbons (Fsp3) is 0.867. The molecule has 0 radical (unpaired) electrons. The second kappa shape index (κ2) is 12.8. The van der Waals surface area contributed by atoms with Crippen LogP contribution in [0.1, 0.15) is 86.5 Å². The second-order valence-corrected chi connectivity index (χ2v) is 17.9. The number of rotatable bonds is 11. The fourth-order valence-corrected chi connectivity index (χ4v) is 11.8. The molecule has 0 aromatic heterocycles. The van der Waals surface area contributed by atoms with Gasteiger partial charge in [0.2, 0.25) is 31.2 Å². The molecule has 4 aliphatic rings. The van der Waals surface area contributed by atoms with Crippen LogP contribution in [0, 0.1) is 58.2 Å². The number of hydrogen-bond acceptors (Lipinski definition) is 12. The minimum atomic E-state index is -5.36. The van der Waals surface area contributed by atoms with Crippen molar-refractivity contribution in [2.45, 2.75) is 105 Å². The molecule has 0 aliphatic heterocycles. The van der Waals surface area contributed by atoms with E-state index in [9.17, 15) is 38.9 Å². The van der Waals surface area contributed by atoms with Gasteiger partial charge in [-0.1, -0.05) is 58.9 Å². The highest BCUT2D eigenvalue weighted by molar-refractivity contribution is 7.81. The lowest BCUT2D eigenvalue weighted by atomic mass is 9.43. The van der Waals surface area contributed by atoms with E-state index in [1.54, 1.807) is 0 Å². The summed E-state index contributed by atoms with van der Waals surface area (Å²) in [7, 11) is -15.9. The zero-order chi connectivity index (χ0) is 33.9. The van der Waals surface area contributed by atoms with Gasteiger partial charge in [-0.2, -0.15) is 0 Å². The number of allylic oxidation sites excluding steroid dienone is 3. The molecular weight excluding hydrogens is 649 g/mol. The van der Waals surface area contributed by atoms with Crippen molar-refractivity contribution in [3.63, 3.8) is 0 Å². The van der Waals surface area contributed by atoms with Crippen LogP contribution in [0.25, 0.3) is 0 Å². The molecule has 0 amide bonds. The maximum absolute atomic E-state index is 11.9.